The Hall–Kier alpha value is -2.77. The second-order valence-corrected chi connectivity index (χ2v) is 4.65. The number of hydrogen-bond donors (Lipinski definition) is 4. The van der Waals surface area contributed by atoms with Gasteiger partial charge in [-0.25, -0.2) is 4.79 Å². The molecule has 2 rings (SSSR count). The number of urea groups is 1. The summed E-state index contributed by atoms with van der Waals surface area (Å²) in [5, 5.41) is 23.3. The first-order valence-electron chi connectivity index (χ1n) is 6.31. The number of carboxylic acids is 1. The zero-order valence-electron chi connectivity index (χ0n) is 11.1. The maximum atomic E-state index is 12.2. The van der Waals surface area contributed by atoms with Crippen LogP contribution in [0.15, 0.2) is 24.3 Å². The van der Waals surface area contributed by atoms with Gasteiger partial charge < -0.3 is 20.8 Å². The number of phenolic OH excluding ortho intramolecular Hbond substituents is 1. The molecule has 8 nitrogen and oxygen atoms in total. The summed E-state index contributed by atoms with van der Waals surface area (Å²) in [7, 11) is 0. The largest absolute Gasteiger partial charge is 0.508 e. The Morgan fingerprint density at radius 1 is 1.33 bits per heavy atom. The van der Waals surface area contributed by atoms with Gasteiger partial charge in [0, 0.05) is 18.7 Å². The van der Waals surface area contributed by atoms with E-state index in [0.717, 1.165) is 4.90 Å². The Morgan fingerprint density at radius 3 is 2.52 bits per heavy atom. The van der Waals surface area contributed by atoms with Gasteiger partial charge in [-0.2, -0.15) is 0 Å². The van der Waals surface area contributed by atoms with Gasteiger partial charge in [-0.05, 0) is 24.3 Å². The highest BCUT2D eigenvalue weighted by atomic mass is 16.4. The van der Waals surface area contributed by atoms with Crippen LogP contribution in [0.4, 0.5) is 10.5 Å². The SMILES string of the molecule is O=C(O)CN(C(=O)NC1CNC(=O)C1)c1ccc(O)cc1. The van der Waals surface area contributed by atoms with Crippen molar-refractivity contribution >= 4 is 23.6 Å². The summed E-state index contributed by atoms with van der Waals surface area (Å²) in [6.45, 7) is -0.203. The summed E-state index contributed by atoms with van der Waals surface area (Å²) < 4.78 is 0. The molecule has 1 aliphatic rings. The Bertz CT molecular complexity index is 557. The van der Waals surface area contributed by atoms with Gasteiger partial charge in [0.1, 0.15) is 12.3 Å². The minimum absolute atomic E-state index is 0.0139. The fourth-order valence-electron chi connectivity index (χ4n) is 2.01. The van der Waals surface area contributed by atoms with E-state index in [4.69, 9.17) is 5.11 Å². The molecule has 1 saturated heterocycles. The number of rotatable bonds is 4. The van der Waals surface area contributed by atoms with Gasteiger partial charge in [-0.1, -0.05) is 0 Å². The van der Waals surface area contributed by atoms with Gasteiger partial charge in [-0.15, -0.1) is 0 Å². The van der Waals surface area contributed by atoms with Crippen molar-refractivity contribution < 1.29 is 24.6 Å². The van der Waals surface area contributed by atoms with Gasteiger partial charge in [0.25, 0.3) is 0 Å². The zero-order valence-corrected chi connectivity index (χ0v) is 11.1. The molecular formula is C13H15N3O5. The van der Waals surface area contributed by atoms with Gasteiger partial charge in [0.15, 0.2) is 0 Å². The quantitative estimate of drug-likeness (QED) is 0.617. The molecule has 1 aromatic carbocycles. The number of carboxylic acid groups (broad SMARTS) is 1. The molecule has 0 saturated carbocycles. The summed E-state index contributed by atoms with van der Waals surface area (Å²) in [4.78, 5) is 35.2. The van der Waals surface area contributed by atoms with E-state index in [1.165, 1.54) is 24.3 Å². The van der Waals surface area contributed by atoms with Gasteiger partial charge in [0.2, 0.25) is 5.91 Å². The highest BCUT2D eigenvalue weighted by molar-refractivity contribution is 5.97. The first-order chi connectivity index (χ1) is 9.95. The number of aliphatic carboxylic acids is 1. The van der Waals surface area contributed by atoms with Crippen LogP contribution in [0, 0.1) is 0 Å². The van der Waals surface area contributed by atoms with Crippen LogP contribution >= 0.6 is 0 Å². The molecule has 0 aromatic heterocycles. The molecule has 3 amide bonds. The maximum absolute atomic E-state index is 12.2. The number of phenols is 1. The predicted octanol–water partition coefficient (Wildman–Crippen LogP) is -0.119. The predicted molar refractivity (Wildman–Crippen MR) is 73.0 cm³/mol. The van der Waals surface area contributed by atoms with Crippen LogP contribution in [0.5, 0.6) is 5.75 Å². The normalized spacial score (nSPS) is 17.1. The van der Waals surface area contributed by atoms with Crippen LogP contribution in [0.1, 0.15) is 6.42 Å². The number of amides is 3. The van der Waals surface area contributed by atoms with Crippen molar-refractivity contribution in [2.75, 3.05) is 18.0 Å². The number of carbonyl (C=O) groups is 3. The third-order valence-corrected chi connectivity index (χ3v) is 3.00. The van der Waals surface area contributed by atoms with Crippen molar-refractivity contribution in [3.8, 4) is 5.75 Å². The molecule has 8 heteroatoms. The molecule has 1 heterocycles. The first kappa shape index (κ1) is 14.6. The number of hydrogen-bond acceptors (Lipinski definition) is 4. The van der Waals surface area contributed by atoms with E-state index in [9.17, 15) is 19.5 Å². The lowest BCUT2D eigenvalue weighted by Crippen LogP contribution is -2.47. The molecule has 4 N–H and O–H groups in total. The van der Waals surface area contributed by atoms with E-state index in [-0.39, 0.29) is 24.1 Å². The van der Waals surface area contributed by atoms with E-state index in [1.54, 1.807) is 0 Å². The average Bonchev–Trinajstić information content (AvgIpc) is 2.82. The van der Waals surface area contributed by atoms with Gasteiger partial charge >= 0.3 is 12.0 Å². The van der Waals surface area contributed by atoms with E-state index >= 15 is 0 Å². The number of nitrogens with one attached hydrogen (secondary N) is 2. The van der Waals surface area contributed by atoms with Crippen LogP contribution in [0.3, 0.4) is 0 Å². The molecule has 0 bridgehead atoms. The summed E-state index contributed by atoms with van der Waals surface area (Å²) >= 11 is 0. The maximum Gasteiger partial charge on any atom is 0.323 e. The van der Waals surface area contributed by atoms with E-state index in [2.05, 4.69) is 10.6 Å². The van der Waals surface area contributed by atoms with Crippen molar-refractivity contribution in [1.82, 2.24) is 10.6 Å². The summed E-state index contributed by atoms with van der Waals surface area (Å²) in [5.41, 5.74) is 0.338. The summed E-state index contributed by atoms with van der Waals surface area (Å²) in [6.07, 6.45) is 0.169. The second kappa shape index (κ2) is 6.12. The molecular weight excluding hydrogens is 278 g/mol. The zero-order chi connectivity index (χ0) is 15.4. The molecule has 21 heavy (non-hydrogen) atoms. The Kier molecular flexibility index (Phi) is 4.27. The van der Waals surface area contributed by atoms with E-state index in [0.29, 0.717) is 12.2 Å². The molecule has 112 valence electrons. The van der Waals surface area contributed by atoms with Gasteiger partial charge in [0.05, 0.1) is 6.04 Å². The molecule has 1 aromatic rings. The fraction of sp³-hybridized carbons (Fsp3) is 0.308. The monoisotopic (exact) mass is 293 g/mol. The first-order valence-corrected chi connectivity index (χ1v) is 6.31. The van der Waals surface area contributed by atoms with Crippen LogP contribution in [0.25, 0.3) is 0 Å². The van der Waals surface area contributed by atoms with Crippen molar-refractivity contribution in [2.24, 2.45) is 0 Å². The summed E-state index contributed by atoms with van der Waals surface area (Å²) in [6, 6.07) is 4.63. The van der Waals surface area contributed by atoms with Crippen LogP contribution in [-0.2, 0) is 9.59 Å². The third-order valence-electron chi connectivity index (χ3n) is 3.00. The number of anilines is 1. The lowest BCUT2D eigenvalue weighted by atomic mass is 10.2. The Labute approximate surface area is 120 Å². The average molecular weight is 293 g/mol. The molecule has 0 radical (unpaired) electrons. The lowest BCUT2D eigenvalue weighted by molar-refractivity contribution is -0.135. The molecule has 0 aliphatic carbocycles. The van der Waals surface area contributed by atoms with Crippen molar-refractivity contribution in [2.45, 2.75) is 12.5 Å². The fourth-order valence-corrected chi connectivity index (χ4v) is 2.01. The van der Waals surface area contributed by atoms with Crippen molar-refractivity contribution in [3.05, 3.63) is 24.3 Å². The lowest BCUT2D eigenvalue weighted by Gasteiger charge is -2.23. The molecule has 1 fully saturated rings. The number of carbonyl (C=O) groups excluding carboxylic acids is 2. The van der Waals surface area contributed by atoms with E-state index < -0.39 is 18.5 Å². The van der Waals surface area contributed by atoms with Crippen LogP contribution < -0.4 is 15.5 Å². The number of nitrogens with zero attached hydrogens (tertiary/aromatic N) is 1. The van der Waals surface area contributed by atoms with Crippen molar-refractivity contribution in [1.29, 1.82) is 0 Å². The highest BCUT2D eigenvalue weighted by Crippen LogP contribution is 2.18. The number of benzene rings is 1. The van der Waals surface area contributed by atoms with Crippen LogP contribution in [-0.4, -0.2) is 47.3 Å². The third kappa shape index (κ3) is 3.85. The highest BCUT2D eigenvalue weighted by Gasteiger charge is 2.26. The van der Waals surface area contributed by atoms with Crippen molar-refractivity contribution in [3.63, 3.8) is 0 Å². The van der Waals surface area contributed by atoms with Gasteiger partial charge in [-0.3, -0.25) is 14.5 Å². The molecule has 1 unspecified atom stereocenters. The second-order valence-electron chi connectivity index (χ2n) is 4.65. The topological polar surface area (TPSA) is 119 Å². The Balaban J connectivity index is 2.11. The molecule has 1 atom stereocenters. The van der Waals surface area contributed by atoms with Crippen LogP contribution in [0.2, 0.25) is 0 Å². The molecule has 0 spiro atoms. The minimum Gasteiger partial charge on any atom is -0.508 e. The number of aromatic hydroxyl groups is 1. The Morgan fingerprint density at radius 2 is 2.00 bits per heavy atom. The molecule has 1 aliphatic heterocycles. The van der Waals surface area contributed by atoms with E-state index in [1.807, 2.05) is 0 Å². The minimum atomic E-state index is -1.17. The summed E-state index contributed by atoms with van der Waals surface area (Å²) in [5.74, 6) is -1.31. The standard InChI is InChI=1S/C13H15N3O5/c17-10-3-1-9(2-4-10)16(7-12(19)20)13(21)15-8-5-11(18)14-6-8/h1-4,8,17H,5-7H2,(H,14,18)(H,15,21)(H,19,20). The smallest absolute Gasteiger partial charge is 0.323 e.